The molecule has 5 nitrogen and oxygen atoms in total. The Morgan fingerprint density at radius 1 is 0.935 bits per heavy atom. The molecule has 0 radical (unpaired) electrons. The Bertz CT molecular complexity index is 872. The Hall–Kier alpha value is -2.75. The van der Waals surface area contributed by atoms with Crippen LogP contribution in [0.4, 0.5) is 64.1 Å². The molecule has 0 fully saturated rings. The number of nitrogens with zero attached hydrogens (tertiary/aromatic N) is 1. The first kappa shape index (κ1) is 26.3. The highest BCUT2D eigenvalue weighted by Gasteiger charge is 2.89. The third kappa shape index (κ3) is 3.96. The van der Waals surface area contributed by atoms with Crippen LogP contribution in [0, 0.1) is 17.0 Å². The van der Waals surface area contributed by atoms with Crippen molar-refractivity contribution in [1.29, 1.82) is 0 Å². The summed E-state index contributed by atoms with van der Waals surface area (Å²) >= 11 is 0. The second-order valence-electron chi connectivity index (χ2n) is 5.93. The molecule has 0 heterocycles. The van der Waals surface area contributed by atoms with E-state index in [0.717, 1.165) is 12.2 Å². The number of alkyl halides is 12. The third-order valence-electron chi connectivity index (χ3n) is 3.83. The lowest BCUT2D eigenvalue weighted by Crippen LogP contribution is -2.70. The zero-order valence-electron chi connectivity index (χ0n) is 14.5. The molecule has 176 valence electrons. The van der Waals surface area contributed by atoms with Crippen molar-refractivity contribution in [2.45, 2.75) is 43.0 Å². The molecule has 0 atom stereocenters. The summed E-state index contributed by atoms with van der Waals surface area (Å²) in [6.07, 6.45) is -5.66. The molecule has 0 aliphatic rings. The van der Waals surface area contributed by atoms with E-state index in [1.165, 1.54) is 0 Å². The summed E-state index contributed by atoms with van der Waals surface area (Å²) in [5.41, 5.74) is -2.05. The minimum atomic E-state index is -7.84. The van der Waals surface area contributed by atoms with Crippen LogP contribution >= 0.6 is 0 Å². The van der Waals surface area contributed by atoms with E-state index >= 15 is 0 Å². The van der Waals surface area contributed by atoms with Gasteiger partial charge in [0, 0.05) is 17.8 Å². The predicted molar refractivity (Wildman–Crippen MR) is 77.2 cm³/mol. The van der Waals surface area contributed by atoms with Crippen LogP contribution in [0.1, 0.15) is 5.56 Å². The summed E-state index contributed by atoms with van der Waals surface area (Å²) < 4.78 is 157. The van der Waals surface area contributed by atoms with Gasteiger partial charge < -0.3 is 5.32 Å². The number of nitrogens with one attached hydrogen (secondary N) is 1. The molecule has 1 aromatic rings. The summed E-state index contributed by atoms with van der Waals surface area (Å²) in [5, 5.41) is 11.4. The van der Waals surface area contributed by atoms with E-state index in [9.17, 15) is 67.6 Å². The zero-order chi connectivity index (χ0) is 24.8. The van der Waals surface area contributed by atoms with Crippen LogP contribution < -0.4 is 5.32 Å². The molecule has 0 aliphatic heterocycles. The van der Waals surface area contributed by atoms with Crippen LogP contribution in [0.15, 0.2) is 18.2 Å². The third-order valence-corrected chi connectivity index (χ3v) is 3.83. The van der Waals surface area contributed by atoms with Crippen LogP contribution in [-0.2, 0) is 4.79 Å². The van der Waals surface area contributed by atoms with Gasteiger partial charge in [-0.15, -0.1) is 0 Å². The van der Waals surface area contributed by atoms with Crippen molar-refractivity contribution in [2.75, 3.05) is 5.32 Å². The van der Waals surface area contributed by atoms with E-state index in [1.54, 1.807) is 0 Å². The quantitative estimate of drug-likeness (QED) is 0.313. The van der Waals surface area contributed by atoms with Gasteiger partial charge in [-0.05, 0) is 18.6 Å². The number of non-ortho nitro benzene ring substituents is 1. The number of rotatable bonds is 8. The number of anilines is 1. The molecule has 0 saturated heterocycles. The summed E-state index contributed by atoms with van der Waals surface area (Å²) in [6.45, 7) is 0.894. The number of benzene rings is 1. The van der Waals surface area contributed by atoms with Crippen molar-refractivity contribution in [3.8, 4) is 0 Å². The lowest BCUT2D eigenvalue weighted by Gasteiger charge is -2.38. The maximum atomic E-state index is 13.7. The average molecular weight is 480 g/mol. The van der Waals surface area contributed by atoms with E-state index in [-0.39, 0.29) is 0 Å². The number of halogens is 12. The molecule has 17 heteroatoms. The number of aryl methyl sites for hydroxylation is 1. The van der Waals surface area contributed by atoms with Crippen molar-refractivity contribution in [2.24, 2.45) is 0 Å². The normalized spacial score (nSPS) is 14.0. The maximum Gasteiger partial charge on any atom is 0.393 e. The van der Waals surface area contributed by atoms with Gasteiger partial charge in [0.25, 0.3) is 5.69 Å². The highest BCUT2D eigenvalue weighted by atomic mass is 19.4. The molecule has 0 aromatic heterocycles. The highest BCUT2D eigenvalue weighted by Crippen LogP contribution is 2.58. The summed E-state index contributed by atoms with van der Waals surface area (Å²) in [7, 11) is 0. The zero-order valence-corrected chi connectivity index (χ0v) is 14.5. The fourth-order valence-corrected chi connectivity index (χ4v) is 1.99. The van der Waals surface area contributed by atoms with Gasteiger partial charge in [-0.2, -0.15) is 43.9 Å². The van der Waals surface area contributed by atoms with Gasteiger partial charge in [-0.25, -0.2) is 8.78 Å². The van der Waals surface area contributed by atoms with Crippen LogP contribution in [0.3, 0.4) is 0 Å². The first-order valence-corrected chi connectivity index (χ1v) is 7.40. The fourth-order valence-electron chi connectivity index (χ4n) is 1.99. The first-order valence-electron chi connectivity index (χ1n) is 7.40. The highest BCUT2D eigenvalue weighted by molar-refractivity contribution is 5.97. The van der Waals surface area contributed by atoms with Crippen LogP contribution in [0.2, 0.25) is 0 Å². The Morgan fingerprint density at radius 2 is 1.42 bits per heavy atom. The Labute approximate surface area is 163 Å². The van der Waals surface area contributed by atoms with E-state index in [4.69, 9.17) is 0 Å². The number of carbonyl (C=O) groups is 1. The second kappa shape index (κ2) is 7.74. The first-order chi connectivity index (χ1) is 13.7. The van der Waals surface area contributed by atoms with Crippen molar-refractivity contribution >= 4 is 17.3 Å². The SMILES string of the molecule is Cc1cc([N+](=O)[O-])ccc1NC(=O)C(F)(F)C(F)(F)C(F)(F)C(F)(F)C(F)(F)C(F)F. The van der Waals surface area contributed by atoms with E-state index < -0.39 is 63.8 Å². The fraction of sp³-hybridized carbons (Fsp3) is 0.500. The molecule has 0 saturated carbocycles. The van der Waals surface area contributed by atoms with Crippen molar-refractivity contribution in [3.63, 3.8) is 0 Å². The molecule has 1 rings (SSSR count). The molecule has 1 aromatic carbocycles. The molecule has 31 heavy (non-hydrogen) atoms. The van der Waals surface area contributed by atoms with Gasteiger partial charge in [0.05, 0.1) is 4.92 Å². The van der Waals surface area contributed by atoms with E-state index in [2.05, 4.69) is 0 Å². The summed E-state index contributed by atoms with van der Waals surface area (Å²) in [5.74, 6) is -40.6. The number of hydrogen-bond donors (Lipinski definition) is 1. The topological polar surface area (TPSA) is 72.2 Å². The molecule has 0 bridgehead atoms. The second-order valence-corrected chi connectivity index (χ2v) is 5.93. The number of hydrogen-bond acceptors (Lipinski definition) is 3. The predicted octanol–water partition coefficient (Wildman–Crippen LogP) is 5.28. The van der Waals surface area contributed by atoms with Gasteiger partial charge in [0.1, 0.15) is 0 Å². The van der Waals surface area contributed by atoms with Crippen molar-refractivity contribution in [3.05, 3.63) is 33.9 Å². The van der Waals surface area contributed by atoms with Crippen LogP contribution in [0.25, 0.3) is 0 Å². The Kier molecular flexibility index (Phi) is 6.56. The van der Waals surface area contributed by atoms with Crippen LogP contribution in [-0.4, -0.2) is 46.9 Å². The molecule has 0 aliphatic carbocycles. The van der Waals surface area contributed by atoms with Gasteiger partial charge >= 0.3 is 41.9 Å². The Morgan fingerprint density at radius 3 is 1.81 bits per heavy atom. The molecule has 1 amide bonds. The number of carbonyl (C=O) groups excluding carboxylic acids is 1. The number of nitro benzene ring substituents is 1. The lowest BCUT2D eigenvalue weighted by atomic mass is 9.94. The van der Waals surface area contributed by atoms with E-state index in [0.29, 0.717) is 18.2 Å². The van der Waals surface area contributed by atoms with E-state index in [1.807, 2.05) is 0 Å². The molecule has 1 N–H and O–H groups in total. The van der Waals surface area contributed by atoms with Gasteiger partial charge in [-0.1, -0.05) is 0 Å². The smallest absolute Gasteiger partial charge is 0.320 e. The van der Waals surface area contributed by atoms with Crippen molar-refractivity contribution < 1.29 is 62.4 Å². The van der Waals surface area contributed by atoms with Gasteiger partial charge in [0.2, 0.25) is 0 Å². The minimum absolute atomic E-state index is 0.456. The van der Waals surface area contributed by atoms with Crippen molar-refractivity contribution in [1.82, 2.24) is 0 Å². The van der Waals surface area contributed by atoms with Gasteiger partial charge in [-0.3, -0.25) is 14.9 Å². The average Bonchev–Trinajstić information content (AvgIpc) is 2.62. The standard InChI is InChI=1S/C14H8F12N2O3/c1-5-4-6(28(30)31)2-3-7(5)27-9(29)11(19,20)13(23,24)14(25,26)12(21,22)10(17,18)8(15)16/h2-4,8H,1H3,(H,27,29). The summed E-state index contributed by atoms with van der Waals surface area (Å²) in [4.78, 5) is 21.0. The molecule has 0 unspecified atom stereocenters. The summed E-state index contributed by atoms with van der Waals surface area (Å²) in [6, 6.07) is 1.64. The molecular weight excluding hydrogens is 472 g/mol. The van der Waals surface area contributed by atoms with Gasteiger partial charge in [0.15, 0.2) is 0 Å². The Balaban J connectivity index is 3.37. The molecular formula is C14H8F12N2O3. The maximum absolute atomic E-state index is 13.7. The minimum Gasteiger partial charge on any atom is -0.320 e. The monoisotopic (exact) mass is 480 g/mol. The van der Waals surface area contributed by atoms with Crippen LogP contribution in [0.5, 0.6) is 0 Å². The number of nitro groups is 1. The number of amides is 1. The molecule has 0 spiro atoms. The lowest BCUT2D eigenvalue weighted by molar-refractivity contribution is -0.406. The largest absolute Gasteiger partial charge is 0.393 e.